The zero-order chi connectivity index (χ0) is 6.69. The van der Waals surface area contributed by atoms with Gasteiger partial charge >= 0.3 is 0 Å². The number of aliphatic hydroxyl groups is 1. The Kier molecular flexibility index (Phi) is 10.4. The molecule has 1 aliphatic heterocycles. The molecule has 70 valence electrons. The van der Waals surface area contributed by atoms with Gasteiger partial charge in [0.05, 0.1) is 11.2 Å². The summed E-state index contributed by atoms with van der Waals surface area (Å²) < 4.78 is 0.669. The van der Waals surface area contributed by atoms with E-state index < -0.39 is 0 Å². The van der Waals surface area contributed by atoms with Gasteiger partial charge in [-0.15, -0.1) is 23.5 Å². The number of hydrogen-bond acceptors (Lipinski definition) is 3. The van der Waals surface area contributed by atoms with Gasteiger partial charge in [-0.2, -0.15) is 0 Å². The van der Waals surface area contributed by atoms with Crippen LogP contribution in [0.5, 0.6) is 0 Å². The summed E-state index contributed by atoms with van der Waals surface area (Å²) in [6, 6.07) is 0. The van der Waals surface area contributed by atoms with Crippen LogP contribution in [-0.2, 0) is 0 Å². The van der Waals surface area contributed by atoms with Crippen LogP contribution in [0, 0.1) is 0 Å². The Hall–Kier alpha value is 1.14. The quantitative estimate of drug-likeness (QED) is 0.772. The minimum Gasteiger partial charge on any atom is -0.395 e. The maximum Gasteiger partial charge on any atom is 0.0603 e. The molecule has 1 saturated heterocycles. The van der Waals surface area contributed by atoms with Crippen molar-refractivity contribution >= 4 is 39.5 Å². The molecule has 0 spiro atoms. The highest BCUT2D eigenvalue weighted by atomic mass is 79.9. The molecule has 4 heteroatoms. The van der Waals surface area contributed by atoms with Crippen molar-refractivity contribution in [2.75, 3.05) is 17.7 Å². The Morgan fingerprint density at radius 3 is 2.36 bits per heavy atom. The van der Waals surface area contributed by atoms with Gasteiger partial charge in [-0.3, -0.25) is 0 Å². The predicted molar refractivity (Wildman–Crippen MR) is 62.0 cm³/mol. The molecule has 11 heavy (non-hydrogen) atoms. The van der Waals surface area contributed by atoms with Crippen LogP contribution in [0.15, 0.2) is 0 Å². The van der Waals surface area contributed by atoms with Gasteiger partial charge in [0.2, 0.25) is 0 Å². The molecule has 1 rings (SSSR count). The summed E-state index contributed by atoms with van der Waals surface area (Å²) in [5.41, 5.74) is 0. The van der Waals surface area contributed by atoms with Crippen molar-refractivity contribution in [3.63, 3.8) is 0 Å². The third-order valence-corrected chi connectivity index (χ3v) is 5.90. The van der Waals surface area contributed by atoms with Gasteiger partial charge < -0.3 is 5.11 Å². The van der Waals surface area contributed by atoms with Crippen molar-refractivity contribution in [3.05, 3.63) is 0 Å². The number of aliphatic hydroxyl groups excluding tert-OH is 1. The van der Waals surface area contributed by atoms with Gasteiger partial charge in [0.15, 0.2) is 0 Å². The van der Waals surface area contributed by atoms with Crippen molar-refractivity contribution in [2.24, 2.45) is 0 Å². The highest BCUT2D eigenvalue weighted by Crippen LogP contribution is 2.38. The number of alkyl halides is 1. The first-order chi connectivity index (χ1) is 4.36. The van der Waals surface area contributed by atoms with Crippen LogP contribution >= 0.6 is 39.5 Å². The van der Waals surface area contributed by atoms with Gasteiger partial charge in [-0.1, -0.05) is 30.8 Å². The SMILES string of the molecule is C.C.OCC1CSC(CBr)S1. The number of rotatable bonds is 2. The molecule has 1 N–H and O–H groups in total. The highest BCUT2D eigenvalue weighted by molar-refractivity contribution is 9.09. The second-order valence-corrected chi connectivity index (χ2v) is 5.55. The highest BCUT2D eigenvalue weighted by Gasteiger charge is 2.23. The summed E-state index contributed by atoms with van der Waals surface area (Å²) in [6.45, 7) is 0.334. The molecule has 0 radical (unpaired) electrons. The average molecular weight is 261 g/mol. The van der Waals surface area contributed by atoms with Crippen molar-refractivity contribution in [1.82, 2.24) is 0 Å². The Labute approximate surface area is 86.8 Å². The molecule has 2 atom stereocenters. The summed E-state index contributed by atoms with van der Waals surface area (Å²) in [5.74, 6) is 1.11. The maximum atomic E-state index is 8.73. The average Bonchev–Trinajstić information content (AvgIpc) is 2.34. The number of halogens is 1. The van der Waals surface area contributed by atoms with E-state index in [1.165, 1.54) is 0 Å². The summed E-state index contributed by atoms with van der Waals surface area (Å²) >= 11 is 7.22. The normalized spacial score (nSPS) is 28.9. The second-order valence-electron chi connectivity index (χ2n) is 1.86. The van der Waals surface area contributed by atoms with Crippen molar-refractivity contribution < 1.29 is 5.11 Å². The largest absolute Gasteiger partial charge is 0.395 e. The lowest BCUT2D eigenvalue weighted by molar-refractivity contribution is 0.301. The lowest BCUT2D eigenvalue weighted by atomic mass is 10.5. The van der Waals surface area contributed by atoms with Gasteiger partial charge in [-0.25, -0.2) is 0 Å². The number of hydrogen-bond donors (Lipinski definition) is 1. The number of thioether (sulfide) groups is 2. The van der Waals surface area contributed by atoms with Crippen molar-refractivity contribution in [2.45, 2.75) is 24.7 Å². The zero-order valence-electron chi connectivity index (χ0n) is 4.92. The van der Waals surface area contributed by atoms with E-state index in [1.807, 2.05) is 23.5 Å². The van der Waals surface area contributed by atoms with E-state index in [0.29, 0.717) is 16.4 Å². The minimum absolute atomic E-state index is 0. The zero-order valence-corrected chi connectivity index (χ0v) is 8.14. The van der Waals surface area contributed by atoms with Crippen molar-refractivity contribution in [1.29, 1.82) is 0 Å². The summed E-state index contributed by atoms with van der Waals surface area (Å²) in [4.78, 5) is 0. The van der Waals surface area contributed by atoms with E-state index in [0.717, 1.165) is 11.1 Å². The molecular weight excluding hydrogens is 244 g/mol. The fourth-order valence-electron chi connectivity index (χ4n) is 0.685. The van der Waals surface area contributed by atoms with Gasteiger partial charge in [0.1, 0.15) is 0 Å². The summed E-state index contributed by atoms with van der Waals surface area (Å²) in [5, 5.41) is 10.3. The molecule has 0 amide bonds. The summed E-state index contributed by atoms with van der Waals surface area (Å²) in [7, 11) is 0. The molecule has 1 nitrogen and oxygen atoms in total. The fourth-order valence-corrected chi connectivity index (χ4v) is 4.49. The van der Waals surface area contributed by atoms with E-state index >= 15 is 0 Å². The smallest absolute Gasteiger partial charge is 0.0603 e. The first-order valence-corrected chi connectivity index (χ1v) is 5.92. The Bertz CT molecular complexity index is 82.5. The van der Waals surface area contributed by atoms with Crippen LogP contribution in [0.1, 0.15) is 14.9 Å². The monoisotopic (exact) mass is 260 g/mol. The Balaban J connectivity index is 0. The molecule has 0 aromatic heterocycles. The van der Waals surface area contributed by atoms with Gasteiger partial charge in [-0.05, 0) is 0 Å². The van der Waals surface area contributed by atoms with Crippen LogP contribution in [0.25, 0.3) is 0 Å². The first-order valence-electron chi connectivity index (χ1n) is 2.80. The van der Waals surface area contributed by atoms with Gasteiger partial charge in [0.25, 0.3) is 0 Å². The molecule has 1 heterocycles. The summed E-state index contributed by atoms with van der Waals surface area (Å²) in [6.07, 6.45) is 0. The Morgan fingerprint density at radius 1 is 1.45 bits per heavy atom. The van der Waals surface area contributed by atoms with Gasteiger partial charge in [0, 0.05) is 16.3 Å². The van der Waals surface area contributed by atoms with E-state index in [4.69, 9.17) is 5.11 Å². The molecular formula is C7H17BrOS2. The van der Waals surface area contributed by atoms with Crippen LogP contribution in [-0.4, -0.2) is 32.6 Å². The molecule has 0 saturated carbocycles. The molecule has 0 aromatic rings. The molecule has 2 unspecified atom stereocenters. The molecule has 0 aromatic carbocycles. The minimum atomic E-state index is 0. The van der Waals surface area contributed by atoms with Crippen LogP contribution in [0.2, 0.25) is 0 Å². The predicted octanol–water partition coefficient (Wildman–Crippen LogP) is 2.82. The van der Waals surface area contributed by atoms with E-state index in [-0.39, 0.29) is 14.9 Å². The molecule has 1 aliphatic rings. The Morgan fingerprint density at radius 2 is 2.09 bits per heavy atom. The third-order valence-electron chi connectivity index (χ3n) is 1.14. The van der Waals surface area contributed by atoms with E-state index in [1.54, 1.807) is 0 Å². The first kappa shape index (κ1) is 14.7. The van der Waals surface area contributed by atoms with E-state index in [2.05, 4.69) is 15.9 Å². The maximum absolute atomic E-state index is 8.73. The third kappa shape index (κ3) is 4.65. The molecule has 0 bridgehead atoms. The standard InChI is InChI=1S/C5H9BrOS2.2CH4/c6-1-5-8-3-4(2-7)9-5;;/h4-5,7H,1-3H2;2*1H4. The van der Waals surface area contributed by atoms with Crippen LogP contribution < -0.4 is 0 Å². The van der Waals surface area contributed by atoms with Crippen LogP contribution in [0.3, 0.4) is 0 Å². The topological polar surface area (TPSA) is 20.2 Å². The van der Waals surface area contributed by atoms with E-state index in [9.17, 15) is 0 Å². The van der Waals surface area contributed by atoms with Crippen LogP contribution in [0.4, 0.5) is 0 Å². The fraction of sp³-hybridized carbons (Fsp3) is 1.00. The second kappa shape index (κ2) is 7.77. The lowest BCUT2D eigenvalue weighted by Crippen LogP contribution is -2.06. The lowest BCUT2D eigenvalue weighted by Gasteiger charge is -2.02. The van der Waals surface area contributed by atoms with Crippen molar-refractivity contribution in [3.8, 4) is 0 Å². The molecule has 1 fully saturated rings. The molecule has 0 aliphatic carbocycles.